The average molecular weight is 436 g/mol. The normalized spacial score (nSPS) is 23.4. The van der Waals surface area contributed by atoms with Gasteiger partial charge in [0.2, 0.25) is 0 Å². The van der Waals surface area contributed by atoms with Crippen LogP contribution in [0.2, 0.25) is 0 Å². The van der Waals surface area contributed by atoms with Gasteiger partial charge < -0.3 is 14.5 Å². The van der Waals surface area contributed by atoms with Crippen molar-refractivity contribution < 1.29 is 18.7 Å². The lowest BCUT2D eigenvalue weighted by Gasteiger charge is -2.35. The molecule has 0 saturated heterocycles. The summed E-state index contributed by atoms with van der Waals surface area (Å²) in [4.78, 5) is 29.6. The molecule has 1 N–H and O–H groups in total. The number of nitrogens with one attached hydrogen (secondary N) is 1. The van der Waals surface area contributed by atoms with Crippen LogP contribution < -0.4 is 5.43 Å². The predicted molar refractivity (Wildman–Crippen MR) is 100 cm³/mol. The second kappa shape index (κ2) is 6.27. The first-order valence-electron chi connectivity index (χ1n) is 8.73. The molecular formula is C20H19BrFNO4. The third kappa shape index (κ3) is 2.84. The molecule has 0 amide bonds. The van der Waals surface area contributed by atoms with Gasteiger partial charge in [-0.2, -0.15) is 0 Å². The summed E-state index contributed by atoms with van der Waals surface area (Å²) in [5, 5.41) is 0. The summed E-state index contributed by atoms with van der Waals surface area (Å²) in [7, 11) is 0. The lowest BCUT2D eigenvalue weighted by atomic mass is 9.78. The number of hydrogen-bond donors (Lipinski definition) is 1. The number of cyclic esters (lactones) is 1. The van der Waals surface area contributed by atoms with Crippen molar-refractivity contribution in [3.05, 3.63) is 66.8 Å². The van der Waals surface area contributed by atoms with Crippen LogP contribution in [0, 0.1) is 5.82 Å². The van der Waals surface area contributed by atoms with E-state index in [0.29, 0.717) is 35.6 Å². The summed E-state index contributed by atoms with van der Waals surface area (Å²) in [5.41, 5.74) is 2.18. The molecule has 2 aliphatic heterocycles. The van der Waals surface area contributed by atoms with Gasteiger partial charge in [-0.1, -0.05) is 19.9 Å². The molecule has 0 spiro atoms. The van der Waals surface area contributed by atoms with Crippen molar-refractivity contribution in [1.29, 1.82) is 0 Å². The van der Waals surface area contributed by atoms with E-state index in [2.05, 4.69) is 20.9 Å². The molecule has 2 aliphatic rings. The highest BCUT2D eigenvalue weighted by Crippen LogP contribution is 2.39. The van der Waals surface area contributed by atoms with Gasteiger partial charge in [-0.3, -0.25) is 9.59 Å². The minimum Gasteiger partial charge on any atom is -0.456 e. The molecule has 7 heteroatoms. The Hall–Kier alpha value is -1.99. The Balaban J connectivity index is 2.00. The number of carbonyl (C=O) groups is 1. The zero-order valence-corrected chi connectivity index (χ0v) is 16.8. The van der Waals surface area contributed by atoms with E-state index < -0.39 is 29.2 Å². The number of ether oxygens (including phenoxy) is 2. The van der Waals surface area contributed by atoms with E-state index >= 15 is 0 Å². The molecule has 2 atom stereocenters. The van der Waals surface area contributed by atoms with Gasteiger partial charge in [0.05, 0.1) is 23.4 Å². The minimum absolute atomic E-state index is 0.166. The molecule has 0 fully saturated rings. The van der Waals surface area contributed by atoms with E-state index in [1.807, 2.05) is 13.8 Å². The number of carbonyl (C=O) groups excluding carboxylic acids is 1. The van der Waals surface area contributed by atoms with Crippen molar-refractivity contribution in [3.8, 4) is 0 Å². The molecule has 2 aromatic rings. The second-order valence-corrected chi connectivity index (χ2v) is 8.55. The summed E-state index contributed by atoms with van der Waals surface area (Å²) < 4.78 is 25.0. The highest BCUT2D eigenvalue weighted by atomic mass is 79.9. The van der Waals surface area contributed by atoms with E-state index in [1.54, 1.807) is 6.92 Å². The van der Waals surface area contributed by atoms with Crippen LogP contribution in [0.1, 0.15) is 60.9 Å². The molecule has 3 heterocycles. The third-order valence-electron chi connectivity index (χ3n) is 5.24. The lowest BCUT2D eigenvalue weighted by Crippen LogP contribution is -2.42. The van der Waals surface area contributed by atoms with Gasteiger partial charge in [0, 0.05) is 22.2 Å². The number of rotatable bonds is 1. The average Bonchev–Trinajstić information content (AvgIpc) is 2.58. The summed E-state index contributed by atoms with van der Waals surface area (Å²) in [6, 6.07) is 4.31. The Morgan fingerprint density at radius 2 is 2.04 bits per heavy atom. The molecule has 27 heavy (non-hydrogen) atoms. The van der Waals surface area contributed by atoms with E-state index in [0.717, 1.165) is 5.69 Å². The first kappa shape index (κ1) is 18.4. The van der Waals surface area contributed by atoms with E-state index in [-0.39, 0.29) is 9.90 Å². The standard InChI is InChI=1S/C20H19BrFNO4/c1-9-17-15(18(24)16-13(23-17)7-26-8-20(16,2)3)14(19(25)27-9)10-4-5-12(22)11(21)6-10/h4-6,9,14H,7-8H2,1-3H3,(H,23,24). The number of pyridine rings is 1. The van der Waals surface area contributed by atoms with Gasteiger partial charge in [-0.05, 0) is 40.5 Å². The minimum atomic E-state index is -0.902. The van der Waals surface area contributed by atoms with Gasteiger partial charge in [-0.15, -0.1) is 0 Å². The maximum Gasteiger partial charge on any atom is 0.318 e. The number of fused-ring (bicyclic) bond motifs is 2. The maximum absolute atomic E-state index is 13.7. The summed E-state index contributed by atoms with van der Waals surface area (Å²) in [5.74, 6) is -1.85. The summed E-state index contributed by atoms with van der Waals surface area (Å²) in [6.45, 7) is 6.36. The van der Waals surface area contributed by atoms with E-state index in [1.165, 1.54) is 18.2 Å². The SMILES string of the molecule is CC1OC(=O)C(c2ccc(F)c(Br)c2)c2c1[nH]c1c(c2=O)C(C)(C)COC1. The van der Waals surface area contributed by atoms with E-state index in [9.17, 15) is 14.0 Å². The number of esters is 1. The molecule has 5 nitrogen and oxygen atoms in total. The Morgan fingerprint density at radius 3 is 2.74 bits per heavy atom. The van der Waals surface area contributed by atoms with Crippen molar-refractivity contribution in [2.45, 2.75) is 44.8 Å². The molecule has 1 aromatic heterocycles. The number of H-pyrrole nitrogens is 1. The van der Waals surface area contributed by atoms with Crippen molar-refractivity contribution in [2.75, 3.05) is 6.61 Å². The number of hydrogen-bond acceptors (Lipinski definition) is 4. The Labute approximate surface area is 164 Å². The predicted octanol–water partition coefficient (Wildman–Crippen LogP) is 3.83. The lowest BCUT2D eigenvalue weighted by molar-refractivity contribution is -0.151. The fourth-order valence-electron chi connectivity index (χ4n) is 4.01. The quantitative estimate of drug-likeness (QED) is 0.690. The van der Waals surface area contributed by atoms with Crippen LogP contribution in [0.25, 0.3) is 0 Å². The van der Waals surface area contributed by atoms with Crippen LogP contribution >= 0.6 is 15.9 Å². The summed E-state index contributed by atoms with van der Waals surface area (Å²) in [6.07, 6.45) is -0.573. The molecule has 2 unspecified atom stereocenters. The second-order valence-electron chi connectivity index (χ2n) is 7.70. The van der Waals surface area contributed by atoms with Crippen LogP contribution in [0.4, 0.5) is 4.39 Å². The fourth-order valence-corrected chi connectivity index (χ4v) is 4.41. The summed E-state index contributed by atoms with van der Waals surface area (Å²) >= 11 is 3.15. The van der Waals surface area contributed by atoms with Crippen LogP contribution in [0.3, 0.4) is 0 Å². The first-order chi connectivity index (χ1) is 12.7. The van der Waals surface area contributed by atoms with Gasteiger partial charge in [0.25, 0.3) is 0 Å². The zero-order valence-electron chi connectivity index (χ0n) is 15.2. The van der Waals surface area contributed by atoms with Crippen molar-refractivity contribution in [3.63, 3.8) is 0 Å². The van der Waals surface area contributed by atoms with Gasteiger partial charge >= 0.3 is 5.97 Å². The molecule has 0 radical (unpaired) electrons. The Bertz CT molecular complexity index is 1010. The molecule has 142 valence electrons. The topological polar surface area (TPSA) is 68.4 Å². The van der Waals surface area contributed by atoms with Crippen molar-refractivity contribution in [1.82, 2.24) is 4.98 Å². The van der Waals surface area contributed by atoms with Crippen LogP contribution in [0.5, 0.6) is 0 Å². The number of benzene rings is 1. The Kier molecular flexibility index (Phi) is 4.27. The third-order valence-corrected chi connectivity index (χ3v) is 5.84. The maximum atomic E-state index is 13.7. The Morgan fingerprint density at radius 1 is 1.30 bits per heavy atom. The smallest absolute Gasteiger partial charge is 0.318 e. The van der Waals surface area contributed by atoms with Crippen molar-refractivity contribution >= 4 is 21.9 Å². The molecule has 1 aromatic carbocycles. The highest BCUT2D eigenvalue weighted by molar-refractivity contribution is 9.10. The number of halogens is 2. The number of aromatic nitrogens is 1. The molecule has 0 saturated carbocycles. The van der Waals surface area contributed by atoms with Gasteiger partial charge in [0.15, 0.2) is 5.43 Å². The number of aromatic amines is 1. The zero-order chi connectivity index (χ0) is 19.5. The monoisotopic (exact) mass is 435 g/mol. The van der Waals surface area contributed by atoms with Crippen LogP contribution in [-0.2, 0) is 26.3 Å². The molecule has 4 rings (SSSR count). The van der Waals surface area contributed by atoms with Crippen LogP contribution in [-0.4, -0.2) is 17.6 Å². The fraction of sp³-hybridized carbons (Fsp3) is 0.400. The molecule has 0 aliphatic carbocycles. The largest absolute Gasteiger partial charge is 0.456 e. The highest BCUT2D eigenvalue weighted by Gasteiger charge is 2.42. The van der Waals surface area contributed by atoms with Crippen LogP contribution in [0.15, 0.2) is 27.5 Å². The van der Waals surface area contributed by atoms with E-state index in [4.69, 9.17) is 9.47 Å². The van der Waals surface area contributed by atoms with Gasteiger partial charge in [0.1, 0.15) is 17.8 Å². The van der Waals surface area contributed by atoms with Crippen molar-refractivity contribution in [2.24, 2.45) is 0 Å². The molecule has 0 bridgehead atoms. The van der Waals surface area contributed by atoms with Gasteiger partial charge in [-0.25, -0.2) is 4.39 Å². The molecular weight excluding hydrogens is 417 g/mol. The first-order valence-corrected chi connectivity index (χ1v) is 9.52.